The van der Waals surface area contributed by atoms with Crippen molar-refractivity contribution >= 4 is 5.97 Å². The summed E-state index contributed by atoms with van der Waals surface area (Å²) in [6, 6.07) is 22.3. The van der Waals surface area contributed by atoms with E-state index < -0.39 is 0 Å². The molecule has 0 atom stereocenters. The summed E-state index contributed by atoms with van der Waals surface area (Å²) < 4.78 is 11.5. The van der Waals surface area contributed by atoms with Gasteiger partial charge >= 0.3 is 5.97 Å². The van der Waals surface area contributed by atoms with Crippen LogP contribution >= 0.6 is 0 Å². The molecule has 1 aliphatic rings. The largest absolute Gasteiger partial charge is 0.488 e. The molecule has 3 aromatic rings. The van der Waals surface area contributed by atoms with Crippen LogP contribution in [-0.2, 0) is 22.2 Å². The molecule has 0 bridgehead atoms. The van der Waals surface area contributed by atoms with Crippen molar-refractivity contribution in [3.05, 3.63) is 89.0 Å². The van der Waals surface area contributed by atoms with Crippen molar-refractivity contribution in [2.45, 2.75) is 64.9 Å². The number of esters is 1. The number of rotatable bonds is 6. The first-order valence-electron chi connectivity index (χ1n) is 11.8. The Labute approximate surface area is 197 Å². The summed E-state index contributed by atoms with van der Waals surface area (Å²) >= 11 is 0. The maximum atomic E-state index is 12.2. The van der Waals surface area contributed by atoms with E-state index in [2.05, 4.69) is 45.9 Å². The van der Waals surface area contributed by atoms with Crippen LogP contribution in [0.3, 0.4) is 0 Å². The van der Waals surface area contributed by atoms with Crippen molar-refractivity contribution in [3.8, 4) is 16.9 Å². The van der Waals surface area contributed by atoms with Crippen LogP contribution in [0.15, 0.2) is 66.7 Å². The van der Waals surface area contributed by atoms with E-state index in [1.807, 2.05) is 49.4 Å². The van der Waals surface area contributed by atoms with E-state index in [0.29, 0.717) is 18.8 Å². The summed E-state index contributed by atoms with van der Waals surface area (Å²) in [6.07, 6.45) is 2.40. The fourth-order valence-electron chi connectivity index (χ4n) is 4.75. The molecule has 0 radical (unpaired) electrons. The lowest BCUT2D eigenvalue weighted by Crippen LogP contribution is -2.33. The van der Waals surface area contributed by atoms with Crippen LogP contribution in [0.1, 0.15) is 74.5 Å². The fourth-order valence-corrected chi connectivity index (χ4v) is 4.75. The summed E-state index contributed by atoms with van der Waals surface area (Å²) in [7, 11) is 0. The minimum atomic E-state index is -0.308. The van der Waals surface area contributed by atoms with E-state index >= 15 is 0 Å². The maximum Gasteiger partial charge on any atom is 0.338 e. The lowest BCUT2D eigenvalue weighted by atomic mass is 9.63. The summed E-state index contributed by atoms with van der Waals surface area (Å²) in [6.45, 7) is 12.1. The molecule has 0 amide bonds. The van der Waals surface area contributed by atoms with Crippen molar-refractivity contribution in [2.75, 3.05) is 6.61 Å². The van der Waals surface area contributed by atoms with E-state index in [9.17, 15) is 4.79 Å². The first kappa shape index (κ1) is 23.1. The molecular weight excluding hydrogens is 408 g/mol. The summed E-state index contributed by atoms with van der Waals surface area (Å²) in [5.74, 6) is 0.494. The lowest BCUT2D eigenvalue weighted by Gasteiger charge is -2.42. The van der Waals surface area contributed by atoms with Crippen LogP contribution < -0.4 is 4.74 Å². The first-order valence-corrected chi connectivity index (χ1v) is 11.8. The molecule has 172 valence electrons. The fraction of sp³-hybridized carbons (Fsp3) is 0.367. The van der Waals surface area contributed by atoms with Gasteiger partial charge in [-0.15, -0.1) is 0 Å². The molecule has 3 heteroatoms. The number of para-hydroxylation sites is 1. The Balaban J connectivity index is 1.59. The van der Waals surface area contributed by atoms with E-state index in [4.69, 9.17) is 9.47 Å². The molecule has 4 rings (SSSR count). The highest BCUT2D eigenvalue weighted by Crippen LogP contribution is 2.46. The molecule has 0 unspecified atom stereocenters. The van der Waals surface area contributed by atoms with Crippen molar-refractivity contribution in [1.82, 2.24) is 0 Å². The zero-order chi connectivity index (χ0) is 23.6. The number of hydrogen-bond donors (Lipinski definition) is 0. The van der Waals surface area contributed by atoms with Crippen LogP contribution in [0, 0.1) is 0 Å². The normalized spacial score (nSPS) is 16.0. The summed E-state index contributed by atoms with van der Waals surface area (Å²) in [4.78, 5) is 12.2. The van der Waals surface area contributed by atoms with Crippen LogP contribution in [0.4, 0.5) is 0 Å². The Morgan fingerprint density at radius 3 is 2.33 bits per heavy atom. The van der Waals surface area contributed by atoms with Gasteiger partial charge in [0.25, 0.3) is 0 Å². The molecular formula is C30H34O3. The van der Waals surface area contributed by atoms with Crippen molar-refractivity contribution < 1.29 is 14.3 Å². The van der Waals surface area contributed by atoms with Crippen LogP contribution in [0.2, 0.25) is 0 Å². The number of carbonyl (C=O) groups is 1. The highest BCUT2D eigenvalue weighted by molar-refractivity contribution is 5.91. The van der Waals surface area contributed by atoms with Crippen molar-refractivity contribution in [2.24, 2.45) is 0 Å². The number of ether oxygens (including phenoxy) is 2. The molecule has 0 aromatic heterocycles. The Morgan fingerprint density at radius 1 is 0.848 bits per heavy atom. The number of hydrogen-bond acceptors (Lipinski definition) is 3. The van der Waals surface area contributed by atoms with Gasteiger partial charge in [-0.25, -0.2) is 4.79 Å². The molecule has 0 fully saturated rings. The Morgan fingerprint density at radius 2 is 1.58 bits per heavy atom. The third-order valence-corrected chi connectivity index (χ3v) is 6.88. The van der Waals surface area contributed by atoms with Gasteiger partial charge in [-0.2, -0.15) is 0 Å². The Kier molecular flexibility index (Phi) is 6.34. The van der Waals surface area contributed by atoms with Gasteiger partial charge < -0.3 is 9.47 Å². The molecule has 0 saturated heterocycles. The lowest BCUT2D eigenvalue weighted by molar-refractivity contribution is 0.0526. The predicted octanol–water partition coefficient (Wildman–Crippen LogP) is 7.46. The van der Waals surface area contributed by atoms with Crippen molar-refractivity contribution in [3.63, 3.8) is 0 Å². The second-order valence-electron chi connectivity index (χ2n) is 10.2. The van der Waals surface area contributed by atoms with Gasteiger partial charge in [0.2, 0.25) is 0 Å². The van der Waals surface area contributed by atoms with Crippen LogP contribution in [-0.4, -0.2) is 12.6 Å². The predicted molar refractivity (Wildman–Crippen MR) is 134 cm³/mol. The molecule has 3 aromatic carbocycles. The van der Waals surface area contributed by atoms with E-state index in [-0.39, 0.29) is 16.8 Å². The second kappa shape index (κ2) is 9.05. The van der Waals surface area contributed by atoms with Gasteiger partial charge in [0.05, 0.1) is 12.2 Å². The Bertz CT molecular complexity index is 1160. The minimum absolute atomic E-state index is 0.173. The average Bonchev–Trinajstić information content (AvgIpc) is 2.81. The highest BCUT2D eigenvalue weighted by Gasteiger charge is 2.36. The highest BCUT2D eigenvalue weighted by atomic mass is 16.5. The van der Waals surface area contributed by atoms with Gasteiger partial charge in [0.15, 0.2) is 0 Å². The zero-order valence-corrected chi connectivity index (χ0v) is 20.4. The summed E-state index contributed by atoms with van der Waals surface area (Å²) in [5.41, 5.74) is 6.90. The molecule has 0 N–H and O–H groups in total. The molecule has 0 spiro atoms. The van der Waals surface area contributed by atoms with Gasteiger partial charge in [-0.3, -0.25) is 0 Å². The average molecular weight is 443 g/mol. The molecule has 0 heterocycles. The van der Waals surface area contributed by atoms with Gasteiger partial charge in [0, 0.05) is 5.56 Å². The first-order chi connectivity index (χ1) is 15.7. The SMILES string of the molecule is CCOC(=O)c1cccc(-c2ccccc2OCc2ccc3c(c2)C(C)(C)CCC3(C)C)c1. The quantitative estimate of drug-likeness (QED) is 0.372. The van der Waals surface area contributed by atoms with Gasteiger partial charge in [-0.1, -0.05) is 76.2 Å². The second-order valence-corrected chi connectivity index (χ2v) is 10.2. The van der Waals surface area contributed by atoms with E-state index in [1.165, 1.54) is 29.5 Å². The molecule has 0 aliphatic heterocycles. The topological polar surface area (TPSA) is 35.5 Å². The molecule has 1 aliphatic carbocycles. The van der Waals surface area contributed by atoms with Crippen molar-refractivity contribution in [1.29, 1.82) is 0 Å². The van der Waals surface area contributed by atoms with Gasteiger partial charge in [-0.05, 0) is 71.0 Å². The number of fused-ring (bicyclic) bond motifs is 1. The standard InChI is InChI=1S/C30H34O3/c1-6-32-28(31)23-11-9-10-22(19-23)24-12-7-8-13-27(24)33-20-21-14-15-25-26(18-21)30(4,5)17-16-29(25,2)3/h7-15,18-19H,6,16-17,20H2,1-5H3. The van der Waals surface area contributed by atoms with E-state index in [1.54, 1.807) is 6.07 Å². The van der Waals surface area contributed by atoms with E-state index in [0.717, 1.165) is 16.9 Å². The zero-order valence-electron chi connectivity index (χ0n) is 20.4. The third-order valence-electron chi connectivity index (χ3n) is 6.88. The maximum absolute atomic E-state index is 12.2. The summed E-state index contributed by atoms with van der Waals surface area (Å²) in [5, 5.41) is 0. The number of benzene rings is 3. The molecule has 0 saturated carbocycles. The monoisotopic (exact) mass is 442 g/mol. The number of carbonyl (C=O) groups excluding carboxylic acids is 1. The minimum Gasteiger partial charge on any atom is -0.488 e. The third kappa shape index (κ3) is 4.83. The van der Waals surface area contributed by atoms with Crippen LogP contribution in [0.5, 0.6) is 5.75 Å². The van der Waals surface area contributed by atoms with Crippen LogP contribution in [0.25, 0.3) is 11.1 Å². The molecule has 3 nitrogen and oxygen atoms in total. The Hall–Kier alpha value is -3.07. The van der Waals surface area contributed by atoms with Gasteiger partial charge in [0.1, 0.15) is 12.4 Å². The molecule has 33 heavy (non-hydrogen) atoms. The smallest absolute Gasteiger partial charge is 0.338 e.